The summed E-state index contributed by atoms with van der Waals surface area (Å²) in [7, 11) is 0. The van der Waals surface area contributed by atoms with Gasteiger partial charge >= 0.3 is 0 Å². The van der Waals surface area contributed by atoms with Crippen LogP contribution in [0.2, 0.25) is 0 Å². The Morgan fingerprint density at radius 1 is 1.00 bits per heavy atom. The Kier molecular flexibility index (Phi) is 5.82. The molecule has 0 aliphatic rings. The first-order valence-corrected chi connectivity index (χ1v) is 7.80. The van der Waals surface area contributed by atoms with Crippen LogP contribution in [0.25, 0.3) is 0 Å². The Morgan fingerprint density at radius 3 is 2.29 bits per heavy atom. The van der Waals surface area contributed by atoms with E-state index in [0.717, 1.165) is 25.9 Å². The lowest BCUT2D eigenvalue weighted by molar-refractivity contribution is 0.594. The number of nitrogens with zero attached hydrogens (tertiary/aromatic N) is 1. The van der Waals surface area contributed by atoms with Crippen molar-refractivity contribution < 1.29 is 0 Å². The van der Waals surface area contributed by atoms with Crippen molar-refractivity contribution in [2.75, 3.05) is 18.0 Å². The van der Waals surface area contributed by atoms with Crippen molar-refractivity contribution in [1.29, 1.82) is 0 Å². The molecule has 112 valence electrons. The van der Waals surface area contributed by atoms with Crippen LogP contribution >= 0.6 is 0 Å². The van der Waals surface area contributed by atoms with E-state index in [4.69, 9.17) is 5.73 Å². The molecule has 2 heteroatoms. The Hall–Kier alpha value is -1.80. The molecule has 0 amide bonds. The summed E-state index contributed by atoms with van der Waals surface area (Å²) in [5.74, 6) is 0. The summed E-state index contributed by atoms with van der Waals surface area (Å²) in [6.45, 7) is 6.20. The normalized spacial score (nSPS) is 12.1. The van der Waals surface area contributed by atoms with E-state index in [1.54, 1.807) is 0 Å². The van der Waals surface area contributed by atoms with E-state index < -0.39 is 0 Å². The van der Waals surface area contributed by atoms with Gasteiger partial charge in [0.1, 0.15) is 0 Å². The van der Waals surface area contributed by atoms with Gasteiger partial charge in [0, 0.05) is 24.8 Å². The molecule has 2 aromatic carbocycles. The molecule has 0 saturated heterocycles. The average Bonchev–Trinajstić information content (AvgIpc) is 2.52. The molecule has 2 rings (SSSR count). The maximum atomic E-state index is 6.32. The molecule has 0 fully saturated rings. The number of hydrogen-bond donors (Lipinski definition) is 1. The van der Waals surface area contributed by atoms with Crippen LogP contribution in [-0.2, 0) is 6.42 Å². The zero-order valence-corrected chi connectivity index (χ0v) is 13.1. The van der Waals surface area contributed by atoms with Crippen LogP contribution < -0.4 is 10.6 Å². The van der Waals surface area contributed by atoms with Gasteiger partial charge in [-0.25, -0.2) is 0 Å². The van der Waals surface area contributed by atoms with Gasteiger partial charge in [-0.15, -0.1) is 0 Å². The van der Waals surface area contributed by atoms with Gasteiger partial charge in [0.05, 0.1) is 0 Å². The maximum absolute atomic E-state index is 6.32. The number of likely N-dealkylation sites (N-methyl/N-ethyl adjacent to an activating group) is 1. The summed E-state index contributed by atoms with van der Waals surface area (Å²) in [4.78, 5) is 2.36. The van der Waals surface area contributed by atoms with Crippen molar-refractivity contribution >= 4 is 5.69 Å². The minimum Gasteiger partial charge on any atom is -0.370 e. The third kappa shape index (κ3) is 4.91. The van der Waals surface area contributed by atoms with Gasteiger partial charge in [-0.1, -0.05) is 48.0 Å². The SMILES string of the molecule is CCN(CC(N)CCc1ccccc1)c1ccc(C)cc1. The van der Waals surface area contributed by atoms with Crippen molar-refractivity contribution in [2.24, 2.45) is 5.73 Å². The lowest BCUT2D eigenvalue weighted by atomic mass is 10.1. The van der Waals surface area contributed by atoms with E-state index in [2.05, 4.69) is 73.3 Å². The first-order chi connectivity index (χ1) is 10.2. The van der Waals surface area contributed by atoms with Crippen LogP contribution in [0.5, 0.6) is 0 Å². The first-order valence-electron chi connectivity index (χ1n) is 7.80. The molecule has 0 saturated carbocycles. The van der Waals surface area contributed by atoms with Crippen molar-refractivity contribution in [2.45, 2.75) is 32.7 Å². The molecule has 21 heavy (non-hydrogen) atoms. The second-order valence-corrected chi connectivity index (χ2v) is 5.66. The van der Waals surface area contributed by atoms with Crippen molar-refractivity contribution in [1.82, 2.24) is 0 Å². The van der Waals surface area contributed by atoms with Gasteiger partial charge in [0.2, 0.25) is 0 Å². The summed E-state index contributed by atoms with van der Waals surface area (Å²) in [5.41, 5.74) is 10.2. The van der Waals surface area contributed by atoms with E-state index in [9.17, 15) is 0 Å². The standard InChI is InChI=1S/C19H26N2/c1-3-21(19-13-9-16(2)10-14-19)15-18(20)12-11-17-7-5-4-6-8-17/h4-10,13-14,18H,3,11-12,15,20H2,1-2H3. The number of benzene rings is 2. The number of aryl methyl sites for hydroxylation is 2. The highest BCUT2D eigenvalue weighted by atomic mass is 15.1. The minimum absolute atomic E-state index is 0.200. The first kappa shape index (κ1) is 15.6. The van der Waals surface area contributed by atoms with Gasteiger partial charge in [0.15, 0.2) is 0 Å². The van der Waals surface area contributed by atoms with Crippen molar-refractivity contribution in [3.63, 3.8) is 0 Å². The third-order valence-electron chi connectivity index (χ3n) is 3.88. The number of rotatable bonds is 7. The average molecular weight is 282 g/mol. The predicted molar refractivity (Wildman–Crippen MR) is 91.8 cm³/mol. The Balaban J connectivity index is 1.87. The van der Waals surface area contributed by atoms with Gasteiger partial charge in [0.25, 0.3) is 0 Å². The molecule has 2 nitrogen and oxygen atoms in total. The molecule has 1 atom stereocenters. The van der Waals surface area contributed by atoms with Gasteiger partial charge in [-0.3, -0.25) is 0 Å². The Labute approximate surface area is 128 Å². The summed E-state index contributed by atoms with van der Waals surface area (Å²) >= 11 is 0. The summed E-state index contributed by atoms with van der Waals surface area (Å²) < 4.78 is 0. The molecule has 1 unspecified atom stereocenters. The van der Waals surface area contributed by atoms with Gasteiger partial charge in [-0.2, -0.15) is 0 Å². The topological polar surface area (TPSA) is 29.3 Å². The van der Waals surface area contributed by atoms with E-state index in [0.29, 0.717) is 0 Å². The summed E-state index contributed by atoms with van der Waals surface area (Å²) in [5, 5.41) is 0. The fraction of sp³-hybridized carbons (Fsp3) is 0.368. The molecule has 0 aliphatic carbocycles. The monoisotopic (exact) mass is 282 g/mol. The molecular formula is C19H26N2. The second-order valence-electron chi connectivity index (χ2n) is 5.66. The van der Waals surface area contributed by atoms with Crippen LogP contribution in [0.1, 0.15) is 24.5 Å². The largest absolute Gasteiger partial charge is 0.370 e. The summed E-state index contributed by atoms with van der Waals surface area (Å²) in [6.07, 6.45) is 2.07. The van der Waals surface area contributed by atoms with Crippen LogP contribution in [0.4, 0.5) is 5.69 Å². The van der Waals surface area contributed by atoms with Gasteiger partial charge < -0.3 is 10.6 Å². The molecule has 0 bridgehead atoms. The molecule has 0 aromatic heterocycles. The fourth-order valence-electron chi connectivity index (χ4n) is 2.54. The molecule has 0 aliphatic heterocycles. The Bertz CT molecular complexity index is 519. The van der Waals surface area contributed by atoms with E-state index in [-0.39, 0.29) is 6.04 Å². The van der Waals surface area contributed by atoms with E-state index in [1.165, 1.54) is 16.8 Å². The quantitative estimate of drug-likeness (QED) is 0.837. The minimum atomic E-state index is 0.200. The molecule has 0 spiro atoms. The van der Waals surface area contributed by atoms with E-state index in [1.807, 2.05) is 0 Å². The molecule has 0 heterocycles. The second kappa shape index (κ2) is 7.84. The maximum Gasteiger partial charge on any atom is 0.0366 e. The van der Waals surface area contributed by atoms with Crippen LogP contribution in [0, 0.1) is 6.92 Å². The molecule has 2 N–H and O–H groups in total. The number of nitrogens with two attached hydrogens (primary N) is 1. The third-order valence-corrected chi connectivity index (χ3v) is 3.88. The lowest BCUT2D eigenvalue weighted by Crippen LogP contribution is -2.37. The molecular weight excluding hydrogens is 256 g/mol. The highest BCUT2D eigenvalue weighted by molar-refractivity contribution is 5.47. The van der Waals surface area contributed by atoms with Crippen LogP contribution in [0.3, 0.4) is 0 Å². The van der Waals surface area contributed by atoms with Gasteiger partial charge in [-0.05, 0) is 44.4 Å². The lowest BCUT2D eigenvalue weighted by Gasteiger charge is -2.26. The highest BCUT2D eigenvalue weighted by Crippen LogP contribution is 2.15. The summed E-state index contributed by atoms with van der Waals surface area (Å²) in [6, 6.07) is 19.5. The van der Waals surface area contributed by atoms with Crippen LogP contribution in [0.15, 0.2) is 54.6 Å². The van der Waals surface area contributed by atoms with Crippen LogP contribution in [-0.4, -0.2) is 19.1 Å². The predicted octanol–water partition coefficient (Wildman–Crippen LogP) is 3.78. The molecule has 2 aromatic rings. The number of hydrogen-bond acceptors (Lipinski definition) is 2. The highest BCUT2D eigenvalue weighted by Gasteiger charge is 2.10. The smallest absolute Gasteiger partial charge is 0.0366 e. The zero-order chi connectivity index (χ0) is 15.1. The van der Waals surface area contributed by atoms with Crippen molar-refractivity contribution in [3.05, 3.63) is 65.7 Å². The number of anilines is 1. The Morgan fingerprint density at radius 2 is 1.67 bits per heavy atom. The molecule has 0 radical (unpaired) electrons. The van der Waals surface area contributed by atoms with E-state index >= 15 is 0 Å². The zero-order valence-electron chi connectivity index (χ0n) is 13.1. The fourth-order valence-corrected chi connectivity index (χ4v) is 2.54. The van der Waals surface area contributed by atoms with Crippen molar-refractivity contribution in [3.8, 4) is 0 Å².